The molecule has 2 N–H and O–H groups in total. The van der Waals surface area contributed by atoms with Gasteiger partial charge in [0.05, 0.1) is 18.2 Å². The summed E-state index contributed by atoms with van der Waals surface area (Å²) in [6.07, 6.45) is 6.73. The number of allylic oxidation sites excluding steroid dienone is 6. The fraction of sp³-hybridized carbons (Fsp3) is 0.286. The standard InChI is InChI=1S/C14H15BF2N2O2/c1-9-7-10(2)18-13(9)8-12-4-3-11(5-6-14(20)21)19(12)15(18,16)17/h3-4,7-8,18H,5-6H2,1-2H3/p+1. The van der Waals surface area contributed by atoms with Crippen molar-refractivity contribution in [1.82, 2.24) is 0 Å². The predicted octanol–water partition coefficient (Wildman–Crippen LogP) is 1.22. The molecule has 1 unspecified atom stereocenters. The normalized spacial score (nSPS) is 25.8. The number of nitrogens with one attached hydrogen (secondary N) is 1. The van der Waals surface area contributed by atoms with Crippen LogP contribution in [0, 0.1) is 0 Å². The summed E-state index contributed by atoms with van der Waals surface area (Å²) < 4.78 is 30.9. The third kappa shape index (κ3) is 2.00. The van der Waals surface area contributed by atoms with Gasteiger partial charge in [0, 0.05) is 31.1 Å². The van der Waals surface area contributed by atoms with Crippen molar-refractivity contribution in [2.24, 2.45) is 0 Å². The number of nitrogens with zero attached hydrogens (tertiary/aromatic N) is 1. The van der Waals surface area contributed by atoms with Gasteiger partial charge < -0.3 is 18.5 Å². The molecule has 0 bridgehead atoms. The van der Waals surface area contributed by atoms with Crippen LogP contribution in [-0.2, 0) is 4.79 Å². The fourth-order valence-corrected chi connectivity index (χ4v) is 3.29. The van der Waals surface area contributed by atoms with E-state index in [1.807, 2.05) is 6.92 Å². The van der Waals surface area contributed by atoms with Crippen molar-refractivity contribution in [2.75, 3.05) is 0 Å². The highest BCUT2D eigenvalue weighted by Crippen LogP contribution is 2.27. The average Bonchev–Trinajstić information content (AvgIpc) is 2.90. The van der Waals surface area contributed by atoms with Crippen molar-refractivity contribution in [1.29, 1.82) is 0 Å². The molecular weight excluding hydrogens is 277 g/mol. The highest BCUT2D eigenvalue weighted by atomic mass is 19.2. The SMILES string of the molecule is CC1=CC(C)=C2C=C3C=CC(CCC(=O)O)=[N+]3[B-](F)(F)[NH+]12. The third-order valence-corrected chi connectivity index (χ3v) is 4.17. The maximum absolute atomic E-state index is 14.9. The van der Waals surface area contributed by atoms with Gasteiger partial charge in [-0.3, -0.25) is 9.28 Å². The number of fused-ring (bicyclic) bond motifs is 2. The van der Waals surface area contributed by atoms with E-state index in [1.54, 1.807) is 31.2 Å². The number of carbonyl (C=O) groups is 1. The van der Waals surface area contributed by atoms with Crippen LogP contribution in [0.2, 0.25) is 0 Å². The molecule has 0 aromatic heterocycles. The zero-order valence-electron chi connectivity index (χ0n) is 11.9. The lowest BCUT2D eigenvalue weighted by molar-refractivity contribution is -0.769. The summed E-state index contributed by atoms with van der Waals surface area (Å²) in [7, 11) is 0. The van der Waals surface area contributed by atoms with Crippen LogP contribution in [0.1, 0.15) is 26.7 Å². The van der Waals surface area contributed by atoms with Crippen molar-refractivity contribution in [3.05, 3.63) is 47.0 Å². The molecule has 0 aliphatic carbocycles. The zero-order chi connectivity index (χ0) is 15.4. The highest BCUT2D eigenvalue weighted by molar-refractivity contribution is 6.50. The summed E-state index contributed by atoms with van der Waals surface area (Å²) in [6.45, 7) is -0.374. The molecule has 0 fully saturated rings. The van der Waals surface area contributed by atoms with Crippen molar-refractivity contribution in [2.45, 2.75) is 26.7 Å². The molecule has 3 aliphatic rings. The molecular formula is C14H16BF2N2O2+. The lowest BCUT2D eigenvalue weighted by Gasteiger charge is -2.32. The maximum Gasteiger partial charge on any atom is 0.854 e. The van der Waals surface area contributed by atoms with Gasteiger partial charge in [-0.25, -0.2) is 0 Å². The Morgan fingerprint density at radius 1 is 1.33 bits per heavy atom. The molecule has 3 aliphatic heterocycles. The number of carboxylic acid groups (broad SMARTS) is 1. The first-order chi connectivity index (χ1) is 9.82. The molecule has 3 rings (SSSR count). The van der Waals surface area contributed by atoms with Gasteiger partial charge in [0.15, 0.2) is 5.70 Å². The van der Waals surface area contributed by atoms with E-state index in [0.29, 0.717) is 22.8 Å². The lowest BCUT2D eigenvalue weighted by Crippen LogP contribution is -3.19. The second kappa shape index (κ2) is 4.49. The first kappa shape index (κ1) is 13.9. The minimum Gasteiger partial charge on any atom is -0.481 e. The molecule has 3 heterocycles. The van der Waals surface area contributed by atoms with Crippen LogP contribution in [-0.4, -0.2) is 28.2 Å². The maximum atomic E-state index is 14.9. The van der Waals surface area contributed by atoms with Gasteiger partial charge in [-0.05, 0) is 13.0 Å². The molecule has 0 radical (unpaired) electrons. The first-order valence-corrected chi connectivity index (χ1v) is 6.88. The Bertz CT molecular complexity index is 702. The first-order valence-electron chi connectivity index (χ1n) is 6.88. The van der Waals surface area contributed by atoms with Crippen molar-refractivity contribution >= 4 is 18.7 Å². The van der Waals surface area contributed by atoms with Gasteiger partial charge in [-0.15, -0.1) is 0 Å². The smallest absolute Gasteiger partial charge is 0.481 e. The summed E-state index contributed by atoms with van der Waals surface area (Å²) in [5, 5.41) is 8.75. The minimum absolute atomic E-state index is 0.0905. The van der Waals surface area contributed by atoms with E-state index < -0.39 is 12.9 Å². The van der Waals surface area contributed by atoms with Crippen LogP contribution >= 0.6 is 0 Å². The number of halogens is 2. The van der Waals surface area contributed by atoms with E-state index in [1.165, 1.54) is 0 Å². The second-order valence-electron chi connectivity index (χ2n) is 5.62. The summed E-state index contributed by atoms with van der Waals surface area (Å²) >= 11 is 0. The molecule has 110 valence electrons. The number of hydrogen-bond acceptors (Lipinski definition) is 1. The van der Waals surface area contributed by atoms with E-state index in [0.717, 1.165) is 10.1 Å². The lowest BCUT2D eigenvalue weighted by atomic mass is 9.86. The van der Waals surface area contributed by atoms with Crippen LogP contribution in [0.5, 0.6) is 0 Å². The molecule has 0 saturated carbocycles. The van der Waals surface area contributed by atoms with Gasteiger partial charge in [0.25, 0.3) is 0 Å². The molecule has 0 spiro atoms. The van der Waals surface area contributed by atoms with Crippen LogP contribution in [0.3, 0.4) is 0 Å². The van der Waals surface area contributed by atoms with Crippen LogP contribution in [0.25, 0.3) is 0 Å². The van der Waals surface area contributed by atoms with Crippen molar-refractivity contribution < 1.29 is 27.8 Å². The Hall–Kier alpha value is -2.02. The summed E-state index contributed by atoms with van der Waals surface area (Å²) in [4.78, 5) is 10.8. The summed E-state index contributed by atoms with van der Waals surface area (Å²) in [5.41, 5.74) is 2.86. The number of aliphatic carboxylic acids is 1. The average molecular weight is 293 g/mol. The largest absolute Gasteiger partial charge is 0.854 e. The number of hydrogen-bond donors (Lipinski definition) is 2. The molecule has 1 atom stereocenters. The third-order valence-electron chi connectivity index (χ3n) is 4.17. The van der Waals surface area contributed by atoms with Gasteiger partial charge in [0.1, 0.15) is 11.4 Å². The zero-order valence-corrected chi connectivity index (χ0v) is 11.9. The summed E-state index contributed by atoms with van der Waals surface area (Å²) in [6, 6.07) is 0. The molecule has 21 heavy (non-hydrogen) atoms. The Morgan fingerprint density at radius 3 is 2.71 bits per heavy atom. The molecule has 0 amide bonds. The van der Waals surface area contributed by atoms with E-state index in [-0.39, 0.29) is 17.7 Å². The van der Waals surface area contributed by atoms with E-state index in [2.05, 4.69) is 0 Å². The molecule has 4 nitrogen and oxygen atoms in total. The van der Waals surface area contributed by atoms with Crippen LogP contribution in [0.15, 0.2) is 47.0 Å². The fourth-order valence-electron chi connectivity index (χ4n) is 3.29. The number of quaternary nitrogens is 1. The minimum atomic E-state index is -3.90. The summed E-state index contributed by atoms with van der Waals surface area (Å²) in [5.74, 6) is -0.984. The van der Waals surface area contributed by atoms with Gasteiger partial charge >= 0.3 is 12.9 Å². The molecule has 0 aromatic carbocycles. The molecule has 0 saturated heterocycles. The van der Waals surface area contributed by atoms with Gasteiger partial charge in [-0.2, -0.15) is 0 Å². The van der Waals surface area contributed by atoms with E-state index in [4.69, 9.17) is 5.11 Å². The number of carboxylic acids is 1. The Labute approximate surface area is 121 Å². The topological polar surface area (TPSA) is 44.7 Å². The van der Waals surface area contributed by atoms with E-state index >= 15 is 0 Å². The van der Waals surface area contributed by atoms with Crippen LogP contribution in [0.4, 0.5) is 8.63 Å². The predicted molar refractivity (Wildman–Crippen MR) is 74.7 cm³/mol. The molecule has 7 heteroatoms. The van der Waals surface area contributed by atoms with Crippen molar-refractivity contribution in [3.8, 4) is 0 Å². The monoisotopic (exact) mass is 293 g/mol. The molecule has 0 aromatic rings. The second-order valence-corrected chi connectivity index (χ2v) is 5.62. The highest BCUT2D eigenvalue weighted by Gasteiger charge is 2.64. The van der Waals surface area contributed by atoms with Crippen LogP contribution < -0.4 is 4.81 Å². The van der Waals surface area contributed by atoms with E-state index in [9.17, 15) is 13.4 Å². The Balaban J connectivity index is 2.09. The van der Waals surface area contributed by atoms with Gasteiger partial charge in [-0.1, -0.05) is 0 Å². The van der Waals surface area contributed by atoms with Gasteiger partial charge in [0.2, 0.25) is 0 Å². The number of rotatable bonds is 3. The quantitative estimate of drug-likeness (QED) is 0.769. The Morgan fingerprint density at radius 2 is 2.05 bits per heavy atom. The Kier molecular flexibility index (Phi) is 2.98. The van der Waals surface area contributed by atoms with Crippen molar-refractivity contribution in [3.63, 3.8) is 0 Å².